The molecule has 3 rings (SSSR count). The molecule has 0 radical (unpaired) electrons. The van der Waals surface area contributed by atoms with Gasteiger partial charge in [-0.05, 0) is 25.5 Å². The maximum Gasteiger partial charge on any atom is 0.108 e. The summed E-state index contributed by atoms with van der Waals surface area (Å²) in [7, 11) is 2.22. The molecule has 1 nitrogen and oxygen atoms in total. The molecule has 2 aliphatic rings. The minimum Gasteiger partial charge on any atom is -0.283 e. The highest BCUT2D eigenvalue weighted by molar-refractivity contribution is 5.38. The van der Waals surface area contributed by atoms with E-state index < -0.39 is 0 Å². The first-order chi connectivity index (χ1) is 7.33. The van der Waals surface area contributed by atoms with Crippen molar-refractivity contribution in [2.75, 3.05) is 7.05 Å². The first kappa shape index (κ1) is 9.00. The van der Waals surface area contributed by atoms with Crippen molar-refractivity contribution >= 4 is 0 Å². The van der Waals surface area contributed by atoms with Crippen LogP contribution in [0.4, 0.5) is 0 Å². The topological polar surface area (TPSA) is 3.24 Å². The van der Waals surface area contributed by atoms with Crippen LogP contribution in [0.2, 0.25) is 0 Å². The average Bonchev–Trinajstić information content (AvgIpc) is 2.52. The summed E-state index contributed by atoms with van der Waals surface area (Å²) >= 11 is 0. The van der Waals surface area contributed by atoms with Gasteiger partial charge in [-0.3, -0.25) is 4.90 Å². The molecule has 0 aliphatic carbocycles. The highest BCUT2D eigenvalue weighted by atomic mass is 15.2. The van der Waals surface area contributed by atoms with Crippen molar-refractivity contribution in [3.8, 4) is 11.8 Å². The zero-order valence-electron chi connectivity index (χ0n) is 9.03. The van der Waals surface area contributed by atoms with Crippen molar-refractivity contribution in [1.29, 1.82) is 0 Å². The Bertz CT molecular complexity index is 426. The van der Waals surface area contributed by atoms with E-state index in [1.807, 2.05) is 0 Å². The Balaban J connectivity index is 2.12. The summed E-state index contributed by atoms with van der Waals surface area (Å²) in [4.78, 5) is 2.47. The zero-order chi connectivity index (χ0) is 10.3. The standard InChI is InChI=1S/C14H15N/c1-15-13-8-5-10-14(15,11-9-13)12-6-3-2-4-7-12/h2-4,6-7,13H,8-9,11H2,1H3/t13-,14+/m1/s1. The van der Waals surface area contributed by atoms with Crippen LogP contribution < -0.4 is 0 Å². The van der Waals surface area contributed by atoms with Crippen LogP contribution in [0.3, 0.4) is 0 Å². The van der Waals surface area contributed by atoms with Crippen molar-refractivity contribution in [1.82, 2.24) is 4.90 Å². The predicted octanol–water partition coefficient (Wildman–Crippen LogP) is 2.38. The van der Waals surface area contributed by atoms with E-state index in [9.17, 15) is 0 Å². The van der Waals surface area contributed by atoms with Crippen LogP contribution >= 0.6 is 0 Å². The second-order valence-corrected chi connectivity index (χ2v) is 4.54. The zero-order valence-corrected chi connectivity index (χ0v) is 9.03. The van der Waals surface area contributed by atoms with E-state index in [-0.39, 0.29) is 5.54 Å². The predicted molar refractivity (Wildman–Crippen MR) is 61.3 cm³/mol. The molecular weight excluding hydrogens is 182 g/mol. The van der Waals surface area contributed by atoms with Gasteiger partial charge in [0.2, 0.25) is 0 Å². The largest absolute Gasteiger partial charge is 0.283 e. The summed E-state index contributed by atoms with van der Waals surface area (Å²) in [6.07, 6.45) is 3.50. The molecule has 1 fully saturated rings. The Morgan fingerprint density at radius 3 is 2.93 bits per heavy atom. The number of fused-ring (bicyclic) bond motifs is 2. The van der Waals surface area contributed by atoms with Gasteiger partial charge in [-0.2, -0.15) is 0 Å². The number of nitrogens with zero attached hydrogens (tertiary/aromatic N) is 1. The molecule has 1 heteroatoms. The first-order valence-corrected chi connectivity index (χ1v) is 5.61. The molecular formula is C14H15N. The molecule has 0 N–H and O–H groups in total. The molecule has 1 saturated heterocycles. The quantitative estimate of drug-likeness (QED) is 0.625. The van der Waals surface area contributed by atoms with E-state index >= 15 is 0 Å². The molecule has 76 valence electrons. The fourth-order valence-corrected chi connectivity index (χ4v) is 2.90. The number of hydrogen-bond acceptors (Lipinski definition) is 1. The van der Waals surface area contributed by atoms with E-state index in [0.29, 0.717) is 6.04 Å². The number of benzene rings is 1. The lowest BCUT2D eigenvalue weighted by molar-refractivity contribution is 0.182. The van der Waals surface area contributed by atoms with E-state index in [1.54, 1.807) is 0 Å². The van der Waals surface area contributed by atoms with Gasteiger partial charge in [0.15, 0.2) is 0 Å². The fraction of sp³-hybridized carbons (Fsp3) is 0.429. The summed E-state index contributed by atoms with van der Waals surface area (Å²) in [5.41, 5.74) is 1.38. The molecule has 0 spiro atoms. The second-order valence-electron chi connectivity index (χ2n) is 4.54. The molecule has 2 heterocycles. The van der Waals surface area contributed by atoms with Crippen LogP contribution in [0, 0.1) is 11.8 Å². The molecule has 2 aliphatic heterocycles. The van der Waals surface area contributed by atoms with Crippen LogP contribution in [0.1, 0.15) is 24.8 Å². The molecule has 2 bridgehead atoms. The van der Waals surface area contributed by atoms with Gasteiger partial charge >= 0.3 is 0 Å². The summed E-state index contributed by atoms with van der Waals surface area (Å²) in [5, 5.41) is 0. The Labute approximate surface area is 91.1 Å². The third-order valence-electron chi connectivity index (χ3n) is 3.87. The third-order valence-corrected chi connectivity index (χ3v) is 3.87. The van der Waals surface area contributed by atoms with Crippen LogP contribution in [0.5, 0.6) is 0 Å². The molecule has 1 aromatic carbocycles. The van der Waals surface area contributed by atoms with Gasteiger partial charge in [0.05, 0.1) is 0 Å². The first-order valence-electron chi connectivity index (χ1n) is 5.61. The van der Waals surface area contributed by atoms with Crippen molar-refractivity contribution in [2.45, 2.75) is 30.8 Å². The van der Waals surface area contributed by atoms with E-state index in [2.05, 4.69) is 54.1 Å². The fourth-order valence-electron chi connectivity index (χ4n) is 2.90. The minimum atomic E-state index is 0.0180. The molecule has 2 atom stereocenters. The molecule has 0 unspecified atom stereocenters. The van der Waals surface area contributed by atoms with E-state index in [4.69, 9.17) is 0 Å². The van der Waals surface area contributed by atoms with Gasteiger partial charge in [-0.1, -0.05) is 42.2 Å². The maximum atomic E-state index is 3.47. The summed E-state index contributed by atoms with van der Waals surface area (Å²) in [6.45, 7) is 0. The van der Waals surface area contributed by atoms with Crippen molar-refractivity contribution < 1.29 is 0 Å². The summed E-state index contributed by atoms with van der Waals surface area (Å²) in [6, 6.07) is 11.4. The van der Waals surface area contributed by atoms with Gasteiger partial charge in [0.1, 0.15) is 5.54 Å². The Morgan fingerprint density at radius 1 is 1.33 bits per heavy atom. The van der Waals surface area contributed by atoms with Gasteiger partial charge in [-0.15, -0.1) is 0 Å². The van der Waals surface area contributed by atoms with Crippen molar-refractivity contribution in [3.05, 3.63) is 35.9 Å². The van der Waals surface area contributed by atoms with Crippen molar-refractivity contribution in [2.24, 2.45) is 0 Å². The average molecular weight is 197 g/mol. The van der Waals surface area contributed by atoms with Crippen LogP contribution in [0.25, 0.3) is 0 Å². The van der Waals surface area contributed by atoms with Gasteiger partial charge < -0.3 is 0 Å². The minimum absolute atomic E-state index is 0.0180. The Morgan fingerprint density at radius 2 is 2.13 bits per heavy atom. The maximum absolute atomic E-state index is 3.47. The summed E-state index contributed by atoms with van der Waals surface area (Å²) in [5.74, 6) is 6.79. The molecule has 0 amide bonds. The van der Waals surface area contributed by atoms with Gasteiger partial charge in [-0.25, -0.2) is 0 Å². The van der Waals surface area contributed by atoms with Crippen LogP contribution in [0.15, 0.2) is 30.3 Å². The lowest BCUT2D eigenvalue weighted by Crippen LogP contribution is -2.43. The molecule has 1 aromatic rings. The molecule has 15 heavy (non-hydrogen) atoms. The normalized spacial score (nSPS) is 33.5. The number of hydrogen-bond donors (Lipinski definition) is 0. The molecule has 0 saturated carbocycles. The van der Waals surface area contributed by atoms with Gasteiger partial charge in [0.25, 0.3) is 0 Å². The smallest absolute Gasteiger partial charge is 0.108 e. The molecule has 0 aromatic heterocycles. The Kier molecular flexibility index (Phi) is 1.87. The number of rotatable bonds is 1. The van der Waals surface area contributed by atoms with E-state index in [0.717, 1.165) is 6.42 Å². The highest BCUT2D eigenvalue weighted by Gasteiger charge is 2.45. The van der Waals surface area contributed by atoms with Crippen LogP contribution in [-0.2, 0) is 5.54 Å². The third kappa shape index (κ3) is 1.15. The van der Waals surface area contributed by atoms with Crippen molar-refractivity contribution in [3.63, 3.8) is 0 Å². The van der Waals surface area contributed by atoms with Gasteiger partial charge in [0, 0.05) is 12.5 Å². The van der Waals surface area contributed by atoms with Crippen LogP contribution in [-0.4, -0.2) is 18.0 Å². The second kappa shape index (κ2) is 3.12. The monoisotopic (exact) mass is 197 g/mol. The Hall–Kier alpha value is -1.26. The lowest BCUT2D eigenvalue weighted by atomic mass is 9.88. The highest BCUT2D eigenvalue weighted by Crippen LogP contribution is 2.43. The SMILES string of the molecule is CN1[C@@H]2CC#C[C@@]1(c1ccccc1)CC2. The van der Waals surface area contributed by atoms with E-state index in [1.165, 1.54) is 18.4 Å². The lowest BCUT2D eigenvalue weighted by Gasteiger charge is -2.36. The summed E-state index contributed by atoms with van der Waals surface area (Å²) < 4.78 is 0.